The fraction of sp³-hybridized carbons (Fsp3) is 0.333. The van der Waals surface area contributed by atoms with Crippen molar-refractivity contribution in [2.45, 2.75) is 19.9 Å². The average Bonchev–Trinajstić information content (AvgIpc) is 2.78. The topological polar surface area (TPSA) is 85.9 Å². The Kier molecular flexibility index (Phi) is 4.52. The van der Waals surface area contributed by atoms with Gasteiger partial charge in [-0.1, -0.05) is 18.5 Å². The lowest BCUT2D eigenvalue weighted by Crippen LogP contribution is -2.05. The van der Waals surface area contributed by atoms with Crippen LogP contribution < -0.4 is 5.32 Å². The Balaban J connectivity index is 2.13. The molecule has 2 aromatic rings. The lowest BCUT2D eigenvalue weighted by atomic mass is 10.3. The first-order chi connectivity index (χ1) is 9.60. The molecule has 0 aliphatic carbocycles. The van der Waals surface area contributed by atoms with Gasteiger partial charge in [0.25, 0.3) is 0 Å². The maximum Gasteiger partial charge on any atom is 0.408 e. The van der Waals surface area contributed by atoms with Crippen molar-refractivity contribution in [3.05, 3.63) is 45.4 Å². The van der Waals surface area contributed by atoms with Crippen LogP contribution in [0.25, 0.3) is 0 Å². The van der Waals surface area contributed by atoms with E-state index in [2.05, 4.69) is 22.3 Å². The number of aromatic nitrogens is 3. The first-order valence-electron chi connectivity index (χ1n) is 6.16. The van der Waals surface area contributed by atoms with E-state index in [4.69, 9.17) is 11.6 Å². The van der Waals surface area contributed by atoms with Crippen LogP contribution in [0, 0.1) is 10.1 Å². The van der Waals surface area contributed by atoms with Crippen LogP contribution in [0.3, 0.4) is 0 Å². The second kappa shape index (κ2) is 6.33. The molecule has 0 aliphatic rings. The number of rotatable bonds is 6. The molecule has 0 aliphatic heterocycles. The lowest BCUT2D eigenvalue weighted by Gasteiger charge is -2.05. The first kappa shape index (κ1) is 14.3. The fourth-order valence-corrected chi connectivity index (χ4v) is 1.92. The van der Waals surface area contributed by atoms with E-state index in [0.717, 1.165) is 24.3 Å². The van der Waals surface area contributed by atoms with E-state index in [1.807, 2.05) is 12.1 Å². The van der Waals surface area contributed by atoms with E-state index in [-0.39, 0.29) is 10.8 Å². The molecule has 0 atom stereocenters. The van der Waals surface area contributed by atoms with Crippen molar-refractivity contribution in [2.24, 2.45) is 0 Å². The van der Waals surface area contributed by atoms with Crippen LogP contribution in [0.15, 0.2) is 24.5 Å². The summed E-state index contributed by atoms with van der Waals surface area (Å²) in [6, 6.07) is 3.76. The Bertz CT molecular complexity index is 614. The molecule has 1 N–H and O–H groups in total. The summed E-state index contributed by atoms with van der Waals surface area (Å²) in [6.45, 7) is 3.29. The van der Waals surface area contributed by atoms with Crippen molar-refractivity contribution in [1.82, 2.24) is 14.8 Å². The van der Waals surface area contributed by atoms with Gasteiger partial charge >= 0.3 is 5.82 Å². The molecule has 0 aromatic carbocycles. The molecule has 0 saturated carbocycles. The van der Waals surface area contributed by atoms with Crippen molar-refractivity contribution >= 4 is 23.1 Å². The number of hydrogen-bond donors (Lipinski definition) is 1. The third kappa shape index (κ3) is 3.45. The Labute approximate surface area is 120 Å². The maximum absolute atomic E-state index is 10.7. The molecule has 0 amide bonds. The van der Waals surface area contributed by atoms with E-state index >= 15 is 0 Å². The van der Waals surface area contributed by atoms with Gasteiger partial charge in [-0.15, -0.1) is 0 Å². The Hall–Kier alpha value is -2.15. The van der Waals surface area contributed by atoms with Crippen molar-refractivity contribution in [2.75, 3.05) is 11.9 Å². The van der Waals surface area contributed by atoms with Gasteiger partial charge in [-0.25, -0.2) is 0 Å². The number of nitrogens with one attached hydrogen (secondary N) is 1. The Morgan fingerprint density at radius 1 is 1.55 bits per heavy atom. The van der Waals surface area contributed by atoms with Gasteiger partial charge in [0.1, 0.15) is 6.54 Å². The van der Waals surface area contributed by atoms with Crippen LogP contribution in [-0.2, 0) is 6.54 Å². The summed E-state index contributed by atoms with van der Waals surface area (Å²) >= 11 is 5.75. The molecule has 2 aromatic heterocycles. The van der Waals surface area contributed by atoms with E-state index in [9.17, 15) is 10.1 Å². The smallest absolute Gasteiger partial charge is 0.385 e. The molecule has 0 bridgehead atoms. The van der Waals surface area contributed by atoms with Crippen LogP contribution in [0.1, 0.15) is 19.0 Å². The van der Waals surface area contributed by atoms with Gasteiger partial charge in [0.05, 0.1) is 17.0 Å². The van der Waals surface area contributed by atoms with Crippen LogP contribution in [-0.4, -0.2) is 26.2 Å². The molecule has 2 rings (SSSR count). The molecule has 7 nitrogen and oxygen atoms in total. The minimum atomic E-state index is -0.606. The highest BCUT2D eigenvalue weighted by atomic mass is 35.5. The number of anilines is 1. The minimum absolute atomic E-state index is 0.0234. The van der Waals surface area contributed by atoms with Gasteiger partial charge in [0.15, 0.2) is 5.02 Å². The average molecular weight is 296 g/mol. The molecular weight excluding hydrogens is 282 g/mol. The van der Waals surface area contributed by atoms with Gasteiger partial charge < -0.3 is 15.4 Å². The largest absolute Gasteiger partial charge is 0.408 e. The first-order valence-corrected chi connectivity index (χ1v) is 6.54. The van der Waals surface area contributed by atoms with Crippen LogP contribution in [0.4, 0.5) is 11.5 Å². The van der Waals surface area contributed by atoms with Crippen LogP contribution in [0.2, 0.25) is 5.02 Å². The predicted molar refractivity (Wildman–Crippen MR) is 76.0 cm³/mol. The summed E-state index contributed by atoms with van der Waals surface area (Å²) in [7, 11) is 0. The minimum Gasteiger partial charge on any atom is -0.385 e. The van der Waals surface area contributed by atoms with Crippen molar-refractivity contribution in [1.29, 1.82) is 0 Å². The highest BCUT2D eigenvalue weighted by molar-refractivity contribution is 6.32. The standard InChI is InChI=1S/C12H14ClN5O2/c1-2-4-14-9-3-5-15-10(6-9)7-17-8-11(13)12(16-17)18(19)20/h3,5-6,8H,2,4,7H2,1H3,(H,14,15). The summed E-state index contributed by atoms with van der Waals surface area (Å²) in [4.78, 5) is 14.3. The third-order valence-electron chi connectivity index (χ3n) is 2.59. The van der Waals surface area contributed by atoms with Crippen molar-refractivity contribution < 1.29 is 4.92 Å². The Morgan fingerprint density at radius 2 is 2.35 bits per heavy atom. The molecule has 8 heteroatoms. The zero-order chi connectivity index (χ0) is 14.5. The predicted octanol–water partition coefficient (Wildman–Crippen LogP) is 2.71. The lowest BCUT2D eigenvalue weighted by molar-refractivity contribution is -0.389. The number of hydrogen-bond acceptors (Lipinski definition) is 5. The fourth-order valence-electron chi connectivity index (χ4n) is 1.70. The van der Waals surface area contributed by atoms with E-state index < -0.39 is 4.92 Å². The maximum atomic E-state index is 10.7. The third-order valence-corrected chi connectivity index (χ3v) is 2.86. The van der Waals surface area contributed by atoms with Crippen molar-refractivity contribution in [3.63, 3.8) is 0 Å². The molecule has 0 unspecified atom stereocenters. The normalized spacial score (nSPS) is 10.5. The van der Waals surface area contributed by atoms with Gasteiger partial charge in [-0.05, 0) is 23.5 Å². The zero-order valence-electron chi connectivity index (χ0n) is 10.9. The van der Waals surface area contributed by atoms with E-state index in [1.54, 1.807) is 6.20 Å². The second-order valence-corrected chi connectivity index (χ2v) is 4.63. The molecule has 20 heavy (non-hydrogen) atoms. The SMILES string of the molecule is CCCNc1ccnc(Cn2cc(Cl)c([N+](=O)[O-])n2)c1. The molecule has 0 fully saturated rings. The van der Waals surface area contributed by atoms with Gasteiger partial charge in [-0.2, -0.15) is 4.68 Å². The van der Waals surface area contributed by atoms with Crippen LogP contribution >= 0.6 is 11.6 Å². The zero-order valence-corrected chi connectivity index (χ0v) is 11.7. The highest BCUT2D eigenvalue weighted by Crippen LogP contribution is 2.21. The quantitative estimate of drug-likeness (QED) is 0.654. The monoisotopic (exact) mass is 295 g/mol. The summed E-state index contributed by atoms with van der Waals surface area (Å²) in [5.74, 6) is -0.341. The van der Waals surface area contributed by atoms with Gasteiger partial charge in [0.2, 0.25) is 0 Å². The summed E-state index contributed by atoms with van der Waals surface area (Å²) in [5, 5.41) is 17.8. The molecule has 0 saturated heterocycles. The van der Waals surface area contributed by atoms with Gasteiger partial charge in [0, 0.05) is 18.4 Å². The Morgan fingerprint density at radius 3 is 3.00 bits per heavy atom. The number of nitro groups is 1. The molecular formula is C12H14ClN5O2. The van der Waals surface area contributed by atoms with Gasteiger partial charge in [-0.3, -0.25) is 4.98 Å². The van der Waals surface area contributed by atoms with E-state index in [1.165, 1.54) is 10.9 Å². The molecule has 0 spiro atoms. The van der Waals surface area contributed by atoms with Crippen LogP contribution in [0.5, 0.6) is 0 Å². The molecule has 2 heterocycles. The number of nitrogens with zero attached hydrogens (tertiary/aromatic N) is 4. The van der Waals surface area contributed by atoms with E-state index in [0.29, 0.717) is 6.54 Å². The molecule has 106 valence electrons. The summed E-state index contributed by atoms with van der Waals surface area (Å²) in [5.41, 5.74) is 1.71. The molecule has 0 radical (unpaired) electrons. The second-order valence-electron chi connectivity index (χ2n) is 4.22. The number of halogens is 1. The highest BCUT2D eigenvalue weighted by Gasteiger charge is 2.19. The number of pyridine rings is 1. The summed E-state index contributed by atoms with van der Waals surface area (Å²) < 4.78 is 1.41. The summed E-state index contributed by atoms with van der Waals surface area (Å²) in [6.07, 6.45) is 4.14. The van der Waals surface area contributed by atoms with Crippen molar-refractivity contribution in [3.8, 4) is 0 Å².